The Balaban J connectivity index is 2.38. The SMILES string of the molecule is CC(C)NC(=O)NC(=O)CNc1ccccc1I. The van der Waals surface area contributed by atoms with Crippen LogP contribution in [0.4, 0.5) is 10.5 Å². The number of amides is 3. The molecule has 0 bridgehead atoms. The van der Waals surface area contributed by atoms with Crippen molar-refractivity contribution in [3.63, 3.8) is 0 Å². The predicted molar refractivity (Wildman–Crippen MR) is 79.5 cm³/mol. The molecule has 3 amide bonds. The topological polar surface area (TPSA) is 70.2 Å². The van der Waals surface area contributed by atoms with E-state index in [9.17, 15) is 9.59 Å². The summed E-state index contributed by atoms with van der Waals surface area (Å²) in [5.41, 5.74) is 0.873. The molecule has 0 fully saturated rings. The molecule has 18 heavy (non-hydrogen) atoms. The van der Waals surface area contributed by atoms with E-state index in [4.69, 9.17) is 0 Å². The molecule has 0 radical (unpaired) electrons. The molecule has 3 N–H and O–H groups in total. The number of para-hydroxylation sites is 1. The van der Waals surface area contributed by atoms with E-state index in [1.54, 1.807) is 0 Å². The first-order chi connectivity index (χ1) is 8.49. The zero-order chi connectivity index (χ0) is 13.5. The summed E-state index contributed by atoms with van der Waals surface area (Å²) < 4.78 is 1.02. The molecule has 98 valence electrons. The molecule has 0 aliphatic rings. The molecule has 0 atom stereocenters. The van der Waals surface area contributed by atoms with Gasteiger partial charge in [-0.15, -0.1) is 0 Å². The molecule has 1 aromatic rings. The lowest BCUT2D eigenvalue weighted by Gasteiger charge is -2.10. The summed E-state index contributed by atoms with van der Waals surface area (Å²) in [7, 11) is 0. The molecule has 6 heteroatoms. The van der Waals surface area contributed by atoms with Crippen LogP contribution >= 0.6 is 22.6 Å². The van der Waals surface area contributed by atoms with E-state index >= 15 is 0 Å². The maximum absolute atomic E-state index is 11.5. The lowest BCUT2D eigenvalue weighted by Crippen LogP contribution is -2.44. The van der Waals surface area contributed by atoms with Crippen LogP contribution < -0.4 is 16.0 Å². The van der Waals surface area contributed by atoms with E-state index in [-0.39, 0.29) is 18.5 Å². The van der Waals surface area contributed by atoms with Crippen LogP contribution in [-0.4, -0.2) is 24.5 Å². The average molecular weight is 361 g/mol. The molecule has 0 aliphatic carbocycles. The Morgan fingerprint density at radius 2 is 1.94 bits per heavy atom. The highest BCUT2D eigenvalue weighted by Crippen LogP contribution is 2.16. The molecule has 0 saturated carbocycles. The number of carbonyl (C=O) groups is 2. The van der Waals surface area contributed by atoms with Gasteiger partial charge in [0, 0.05) is 15.3 Å². The quantitative estimate of drug-likeness (QED) is 0.718. The molecular formula is C12H16IN3O2. The minimum atomic E-state index is -0.473. The number of anilines is 1. The van der Waals surface area contributed by atoms with Gasteiger partial charge in [-0.05, 0) is 48.6 Å². The van der Waals surface area contributed by atoms with Gasteiger partial charge in [0.1, 0.15) is 0 Å². The lowest BCUT2D eigenvalue weighted by molar-refractivity contribution is -0.118. The Kier molecular flexibility index (Phi) is 5.90. The predicted octanol–water partition coefficient (Wildman–Crippen LogP) is 1.94. The second kappa shape index (κ2) is 7.20. The number of halogens is 1. The standard InChI is InChI=1S/C12H16IN3O2/c1-8(2)15-12(18)16-11(17)7-14-10-6-4-3-5-9(10)13/h3-6,8,14H,7H2,1-2H3,(H2,15,16,17,18). The number of imide groups is 1. The Bertz CT molecular complexity index is 435. The maximum Gasteiger partial charge on any atom is 0.321 e. The average Bonchev–Trinajstić information content (AvgIpc) is 2.26. The van der Waals surface area contributed by atoms with E-state index in [0.29, 0.717) is 0 Å². The van der Waals surface area contributed by atoms with Crippen LogP contribution in [0, 0.1) is 3.57 Å². The number of nitrogens with one attached hydrogen (secondary N) is 3. The molecule has 0 unspecified atom stereocenters. The summed E-state index contributed by atoms with van der Waals surface area (Å²) in [6.45, 7) is 3.72. The fourth-order valence-electron chi connectivity index (χ4n) is 1.25. The summed E-state index contributed by atoms with van der Waals surface area (Å²) in [6.07, 6.45) is 0. The smallest absolute Gasteiger partial charge is 0.321 e. The molecule has 0 aliphatic heterocycles. The van der Waals surface area contributed by atoms with Crippen LogP contribution in [0.5, 0.6) is 0 Å². The van der Waals surface area contributed by atoms with Gasteiger partial charge in [-0.1, -0.05) is 12.1 Å². The van der Waals surface area contributed by atoms with E-state index in [1.165, 1.54) is 0 Å². The van der Waals surface area contributed by atoms with Crippen molar-refractivity contribution in [2.75, 3.05) is 11.9 Å². The molecule has 5 nitrogen and oxygen atoms in total. The molecule has 0 heterocycles. The van der Waals surface area contributed by atoms with E-state index in [0.717, 1.165) is 9.26 Å². The number of carbonyl (C=O) groups excluding carboxylic acids is 2. The highest BCUT2D eigenvalue weighted by molar-refractivity contribution is 14.1. The van der Waals surface area contributed by atoms with Crippen LogP contribution in [0.2, 0.25) is 0 Å². The Labute approximate surface area is 120 Å². The van der Waals surface area contributed by atoms with Crippen molar-refractivity contribution in [3.8, 4) is 0 Å². The fourth-order valence-corrected chi connectivity index (χ4v) is 1.83. The number of urea groups is 1. The van der Waals surface area contributed by atoms with Crippen molar-refractivity contribution in [2.45, 2.75) is 19.9 Å². The van der Waals surface area contributed by atoms with Crippen molar-refractivity contribution in [3.05, 3.63) is 27.8 Å². The molecule has 0 aromatic heterocycles. The molecule has 0 saturated heterocycles. The van der Waals surface area contributed by atoms with Crippen LogP contribution in [0.3, 0.4) is 0 Å². The van der Waals surface area contributed by atoms with Gasteiger partial charge in [-0.2, -0.15) is 0 Å². The van der Waals surface area contributed by atoms with Gasteiger partial charge < -0.3 is 10.6 Å². The first-order valence-corrected chi connectivity index (χ1v) is 6.65. The second-order valence-corrected chi connectivity index (χ2v) is 5.17. The van der Waals surface area contributed by atoms with Crippen molar-refractivity contribution in [1.29, 1.82) is 0 Å². The molecule has 0 spiro atoms. The lowest BCUT2D eigenvalue weighted by atomic mass is 10.3. The van der Waals surface area contributed by atoms with E-state index < -0.39 is 6.03 Å². The number of hydrogen-bond donors (Lipinski definition) is 3. The van der Waals surface area contributed by atoms with E-state index in [2.05, 4.69) is 38.5 Å². The summed E-state index contributed by atoms with van der Waals surface area (Å²) in [6, 6.07) is 7.15. The first-order valence-electron chi connectivity index (χ1n) is 5.58. The van der Waals surface area contributed by atoms with Crippen molar-refractivity contribution in [1.82, 2.24) is 10.6 Å². The van der Waals surface area contributed by atoms with Gasteiger partial charge in [0.05, 0.1) is 6.54 Å². The van der Waals surface area contributed by atoms with Gasteiger partial charge in [0.15, 0.2) is 0 Å². The van der Waals surface area contributed by atoms with Crippen molar-refractivity contribution < 1.29 is 9.59 Å². The van der Waals surface area contributed by atoms with Gasteiger partial charge in [0.25, 0.3) is 0 Å². The van der Waals surface area contributed by atoms with Crippen LogP contribution in [0.15, 0.2) is 24.3 Å². The van der Waals surface area contributed by atoms with Gasteiger partial charge >= 0.3 is 6.03 Å². The first kappa shape index (κ1) is 14.7. The fraction of sp³-hybridized carbons (Fsp3) is 0.333. The number of rotatable bonds is 4. The van der Waals surface area contributed by atoms with Crippen LogP contribution in [-0.2, 0) is 4.79 Å². The Hall–Kier alpha value is -1.31. The largest absolute Gasteiger partial charge is 0.375 e. The normalized spacial score (nSPS) is 10.0. The zero-order valence-corrected chi connectivity index (χ0v) is 12.4. The molecule has 1 aromatic carbocycles. The van der Waals surface area contributed by atoms with Crippen LogP contribution in [0.25, 0.3) is 0 Å². The molecule has 1 rings (SSSR count). The monoisotopic (exact) mass is 361 g/mol. The maximum atomic E-state index is 11.5. The second-order valence-electron chi connectivity index (χ2n) is 4.01. The number of hydrogen-bond acceptors (Lipinski definition) is 3. The summed E-state index contributed by atoms with van der Waals surface area (Å²) in [5.74, 6) is -0.368. The minimum Gasteiger partial charge on any atom is -0.375 e. The Morgan fingerprint density at radius 3 is 2.56 bits per heavy atom. The van der Waals surface area contributed by atoms with Gasteiger partial charge in [0.2, 0.25) is 5.91 Å². The van der Waals surface area contributed by atoms with Crippen molar-refractivity contribution in [2.24, 2.45) is 0 Å². The van der Waals surface area contributed by atoms with Gasteiger partial charge in [-0.25, -0.2) is 4.79 Å². The summed E-state index contributed by atoms with van der Waals surface area (Å²) in [5, 5.41) is 7.80. The third-order valence-electron chi connectivity index (χ3n) is 1.99. The Morgan fingerprint density at radius 1 is 1.28 bits per heavy atom. The highest BCUT2D eigenvalue weighted by atomic mass is 127. The number of benzene rings is 1. The van der Waals surface area contributed by atoms with Crippen molar-refractivity contribution >= 4 is 40.2 Å². The minimum absolute atomic E-state index is 0.000769. The van der Waals surface area contributed by atoms with E-state index in [1.807, 2.05) is 38.1 Å². The third kappa shape index (κ3) is 5.35. The third-order valence-corrected chi connectivity index (χ3v) is 2.93. The zero-order valence-electron chi connectivity index (χ0n) is 10.3. The highest BCUT2D eigenvalue weighted by Gasteiger charge is 2.08. The summed E-state index contributed by atoms with van der Waals surface area (Å²) in [4.78, 5) is 22.8. The summed E-state index contributed by atoms with van der Waals surface area (Å²) >= 11 is 2.18. The molecular weight excluding hydrogens is 345 g/mol. The van der Waals surface area contributed by atoms with Gasteiger partial charge in [-0.3, -0.25) is 10.1 Å². The van der Waals surface area contributed by atoms with Crippen LogP contribution in [0.1, 0.15) is 13.8 Å².